The first kappa shape index (κ1) is 12.9. The fourth-order valence-corrected chi connectivity index (χ4v) is 2.48. The molecule has 0 aliphatic carbocycles. The van der Waals surface area contributed by atoms with Gasteiger partial charge in [-0.1, -0.05) is 0 Å². The minimum atomic E-state index is -0.347. The van der Waals surface area contributed by atoms with Crippen LogP contribution in [-0.4, -0.2) is 44.8 Å². The first-order chi connectivity index (χ1) is 9.74. The van der Waals surface area contributed by atoms with Crippen LogP contribution < -0.4 is 15.1 Å². The Hall–Kier alpha value is -2.08. The number of carbonyl (C=O) groups is 2. The lowest BCUT2D eigenvalue weighted by atomic mass is 10.2. The van der Waals surface area contributed by atoms with Crippen molar-refractivity contribution in [2.24, 2.45) is 0 Å². The highest BCUT2D eigenvalue weighted by Gasteiger charge is 2.24. The van der Waals surface area contributed by atoms with E-state index in [9.17, 15) is 9.59 Å². The molecule has 3 amide bonds. The third kappa shape index (κ3) is 2.60. The van der Waals surface area contributed by atoms with E-state index in [0.29, 0.717) is 13.0 Å². The zero-order chi connectivity index (χ0) is 13.9. The fourth-order valence-electron chi connectivity index (χ4n) is 2.48. The van der Waals surface area contributed by atoms with Gasteiger partial charge in [-0.15, -0.1) is 0 Å². The predicted octanol–water partition coefficient (Wildman–Crippen LogP) is 0.970. The monoisotopic (exact) mass is 275 g/mol. The number of urea groups is 1. The lowest BCUT2D eigenvalue weighted by molar-refractivity contribution is -0.120. The van der Waals surface area contributed by atoms with Crippen LogP contribution in [0, 0.1) is 0 Å². The van der Waals surface area contributed by atoms with E-state index in [4.69, 9.17) is 4.74 Å². The smallest absolute Gasteiger partial charge is 0.328 e. The Morgan fingerprint density at radius 2 is 1.60 bits per heavy atom. The summed E-state index contributed by atoms with van der Waals surface area (Å²) < 4.78 is 5.33. The molecule has 106 valence electrons. The maximum Gasteiger partial charge on any atom is 0.328 e. The molecule has 6 heteroatoms. The zero-order valence-electron chi connectivity index (χ0n) is 11.2. The van der Waals surface area contributed by atoms with Crippen molar-refractivity contribution in [1.29, 1.82) is 0 Å². The number of carbonyl (C=O) groups excluding carboxylic acids is 2. The van der Waals surface area contributed by atoms with Crippen LogP contribution in [0.5, 0.6) is 0 Å². The third-order valence-electron chi connectivity index (χ3n) is 3.59. The topological polar surface area (TPSA) is 61.9 Å². The molecule has 1 aromatic carbocycles. The van der Waals surface area contributed by atoms with E-state index in [1.165, 1.54) is 0 Å². The molecular formula is C14H17N3O3. The Labute approximate surface area is 117 Å². The Kier molecular flexibility index (Phi) is 3.56. The van der Waals surface area contributed by atoms with Crippen molar-refractivity contribution in [3.05, 3.63) is 24.3 Å². The highest BCUT2D eigenvalue weighted by molar-refractivity contribution is 6.05. The molecule has 20 heavy (non-hydrogen) atoms. The molecule has 0 aromatic heterocycles. The quantitative estimate of drug-likeness (QED) is 0.873. The van der Waals surface area contributed by atoms with E-state index in [-0.39, 0.29) is 11.9 Å². The molecular weight excluding hydrogens is 258 g/mol. The standard InChI is InChI=1S/C14H17N3O3/c18-13-5-6-17(14(19)15-13)12-3-1-11(2-4-12)16-7-9-20-10-8-16/h1-4H,5-10H2,(H,15,18,19). The largest absolute Gasteiger partial charge is 0.378 e. The predicted molar refractivity (Wildman–Crippen MR) is 75.0 cm³/mol. The van der Waals surface area contributed by atoms with Gasteiger partial charge < -0.3 is 9.64 Å². The first-order valence-electron chi connectivity index (χ1n) is 6.78. The van der Waals surface area contributed by atoms with Gasteiger partial charge in [0.05, 0.1) is 13.2 Å². The molecule has 0 saturated carbocycles. The summed E-state index contributed by atoms with van der Waals surface area (Å²) >= 11 is 0. The Morgan fingerprint density at radius 1 is 0.950 bits per heavy atom. The number of rotatable bonds is 2. The highest BCUT2D eigenvalue weighted by Crippen LogP contribution is 2.22. The maximum absolute atomic E-state index is 11.8. The van der Waals surface area contributed by atoms with Crippen LogP contribution in [0.4, 0.5) is 16.2 Å². The van der Waals surface area contributed by atoms with E-state index >= 15 is 0 Å². The summed E-state index contributed by atoms with van der Waals surface area (Å²) in [7, 11) is 0. The third-order valence-corrected chi connectivity index (χ3v) is 3.59. The van der Waals surface area contributed by atoms with Crippen LogP contribution in [0.15, 0.2) is 24.3 Å². The Morgan fingerprint density at radius 3 is 2.25 bits per heavy atom. The summed E-state index contributed by atoms with van der Waals surface area (Å²) in [6, 6.07) is 7.50. The molecule has 0 unspecified atom stereocenters. The van der Waals surface area contributed by atoms with Crippen molar-refractivity contribution < 1.29 is 14.3 Å². The van der Waals surface area contributed by atoms with Gasteiger partial charge in [-0.25, -0.2) is 4.79 Å². The molecule has 2 saturated heterocycles. The number of amides is 3. The van der Waals surface area contributed by atoms with Gasteiger partial charge in [0.15, 0.2) is 0 Å². The van der Waals surface area contributed by atoms with Crippen molar-refractivity contribution in [2.45, 2.75) is 6.42 Å². The summed E-state index contributed by atoms with van der Waals surface area (Å²) in [4.78, 5) is 26.7. The van der Waals surface area contributed by atoms with Crippen LogP contribution >= 0.6 is 0 Å². The minimum absolute atomic E-state index is 0.212. The molecule has 1 aromatic rings. The van der Waals surface area contributed by atoms with Crippen molar-refractivity contribution >= 4 is 23.3 Å². The number of nitrogens with one attached hydrogen (secondary N) is 1. The summed E-state index contributed by atoms with van der Waals surface area (Å²) in [6.45, 7) is 3.70. The molecule has 0 radical (unpaired) electrons. The second-order valence-electron chi connectivity index (χ2n) is 4.87. The number of morpholine rings is 1. The summed E-state index contributed by atoms with van der Waals surface area (Å²) in [5, 5.41) is 2.33. The van der Waals surface area contributed by atoms with Crippen LogP contribution in [-0.2, 0) is 9.53 Å². The van der Waals surface area contributed by atoms with E-state index in [1.54, 1.807) is 4.90 Å². The van der Waals surface area contributed by atoms with E-state index in [2.05, 4.69) is 10.2 Å². The zero-order valence-corrected chi connectivity index (χ0v) is 11.2. The maximum atomic E-state index is 11.8. The molecule has 3 rings (SSSR count). The average molecular weight is 275 g/mol. The molecule has 0 atom stereocenters. The summed E-state index contributed by atoms with van der Waals surface area (Å²) in [6.07, 6.45) is 0.344. The molecule has 0 spiro atoms. The van der Waals surface area contributed by atoms with Gasteiger partial charge in [0, 0.05) is 37.4 Å². The van der Waals surface area contributed by atoms with E-state index < -0.39 is 0 Å². The van der Waals surface area contributed by atoms with Gasteiger partial charge in [-0.3, -0.25) is 15.0 Å². The first-order valence-corrected chi connectivity index (χ1v) is 6.78. The number of hydrogen-bond donors (Lipinski definition) is 1. The van der Waals surface area contributed by atoms with Crippen LogP contribution in [0.1, 0.15) is 6.42 Å². The van der Waals surface area contributed by atoms with Crippen LogP contribution in [0.3, 0.4) is 0 Å². The van der Waals surface area contributed by atoms with Gasteiger partial charge in [-0.2, -0.15) is 0 Å². The second-order valence-corrected chi connectivity index (χ2v) is 4.87. The number of hydrogen-bond acceptors (Lipinski definition) is 4. The molecule has 2 fully saturated rings. The fraction of sp³-hybridized carbons (Fsp3) is 0.429. The molecule has 0 bridgehead atoms. The van der Waals surface area contributed by atoms with Gasteiger partial charge in [0.2, 0.25) is 5.91 Å². The lowest BCUT2D eigenvalue weighted by Crippen LogP contribution is -2.49. The minimum Gasteiger partial charge on any atom is -0.378 e. The van der Waals surface area contributed by atoms with Gasteiger partial charge >= 0.3 is 6.03 Å². The molecule has 2 heterocycles. The Bertz CT molecular complexity index is 509. The normalized spacial score (nSPS) is 20.0. The SMILES string of the molecule is O=C1CCN(c2ccc(N3CCOCC3)cc2)C(=O)N1. The molecule has 2 aliphatic rings. The molecule has 1 N–H and O–H groups in total. The van der Waals surface area contributed by atoms with Crippen molar-refractivity contribution in [3.8, 4) is 0 Å². The number of imide groups is 1. The Balaban J connectivity index is 1.72. The number of anilines is 2. The highest BCUT2D eigenvalue weighted by atomic mass is 16.5. The average Bonchev–Trinajstić information content (AvgIpc) is 2.48. The van der Waals surface area contributed by atoms with Crippen LogP contribution in [0.25, 0.3) is 0 Å². The van der Waals surface area contributed by atoms with Gasteiger partial charge in [-0.05, 0) is 24.3 Å². The number of benzene rings is 1. The number of ether oxygens (including phenoxy) is 1. The van der Waals surface area contributed by atoms with Gasteiger partial charge in [0.1, 0.15) is 0 Å². The summed E-state index contributed by atoms with van der Waals surface area (Å²) in [5.41, 5.74) is 1.94. The van der Waals surface area contributed by atoms with Crippen molar-refractivity contribution in [2.75, 3.05) is 42.6 Å². The van der Waals surface area contributed by atoms with Crippen molar-refractivity contribution in [1.82, 2.24) is 5.32 Å². The van der Waals surface area contributed by atoms with Crippen LogP contribution in [0.2, 0.25) is 0 Å². The van der Waals surface area contributed by atoms with E-state index in [0.717, 1.165) is 37.7 Å². The van der Waals surface area contributed by atoms with Gasteiger partial charge in [0.25, 0.3) is 0 Å². The second kappa shape index (κ2) is 5.50. The molecule has 6 nitrogen and oxygen atoms in total. The summed E-state index contributed by atoms with van der Waals surface area (Å²) in [5.74, 6) is -0.212. The molecule has 2 aliphatic heterocycles. The van der Waals surface area contributed by atoms with Crippen molar-refractivity contribution in [3.63, 3.8) is 0 Å². The van der Waals surface area contributed by atoms with E-state index in [1.807, 2.05) is 24.3 Å². The lowest BCUT2D eigenvalue weighted by Gasteiger charge is -2.30. The number of nitrogens with zero attached hydrogens (tertiary/aromatic N) is 2.